The van der Waals surface area contributed by atoms with E-state index in [9.17, 15) is 32.8 Å². The third-order valence-corrected chi connectivity index (χ3v) is 8.93. The number of aromatic nitrogens is 2. The van der Waals surface area contributed by atoms with Crippen LogP contribution in [-0.4, -0.2) is 72.2 Å². The third kappa shape index (κ3) is 9.79. The third-order valence-electron chi connectivity index (χ3n) is 8.93. The van der Waals surface area contributed by atoms with E-state index in [2.05, 4.69) is 5.10 Å². The molecule has 1 aliphatic heterocycles. The smallest absolute Gasteiger partial charge is 0.435 e. The largest absolute Gasteiger partial charge is 0.497 e. The second-order valence-electron chi connectivity index (χ2n) is 12.8. The van der Waals surface area contributed by atoms with E-state index >= 15 is 4.39 Å². The van der Waals surface area contributed by atoms with Crippen molar-refractivity contribution in [1.29, 1.82) is 5.26 Å². The van der Waals surface area contributed by atoms with Gasteiger partial charge in [0.2, 0.25) is 18.3 Å². The Bertz CT molecular complexity index is 2210. The van der Waals surface area contributed by atoms with Crippen LogP contribution in [0.25, 0.3) is 0 Å². The van der Waals surface area contributed by atoms with Crippen molar-refractivity contribution in [2.45, 2.75) is 56.3 Å². The lowest BCUT2D eigenvalue weighted by atomic mass is 9.99. The van der Waals surface area contributed by atoms with Crippen molar-refractivity contribution in [1.82, 2.24) is 9.78 Å². The normalized spacial score (nSPS) is 19.0. The number of hydrogen-bond donors (Lipinski definition) is 0. The van der Waals surface area contributed by atoms with Crippen LogP contribution in [-0.2, 0) is 38.1 Å². The number of carbonyl (C=O) groups is 3. The summed E-state index contributed by atoms with van der Waals surface area (Å²) in [6.45, 7) is -1.19. The molecule has 5 aromatic rings. The molecule has 4 aromatic carbocycles. The van der Waals surface area contributed by atoms with Crippen molar-refractivity contribution in [2.75, 3.05) is 13.7 Å². The lowest BCUT2D eigenvalue weighted by molar-refractivity contribution is -0.265. The van der Waals surface area contributed by atoms with E-state index in [1.54, 1.807) is 42.5 Å². The number of methoxy groups -OCH3 is 1. The molecule has 1 aromatic heterocycles. The molecular formula is C42H35F4N3O9. The average molecular weight is 802 g/mol. The number of alkyl halides is 4. The van der Waals surface area contributed by atoms with Crippen molar-refractivity contribution >= 4 is 17.9 Å². The molecule has 5 atom stereocenters. The second kappa shape index (κ2) is 18.5. The van der Waals surface area contributed by atoms with E-state index in [0.29, 0.717) is 11.3 Å². The van der Waals surface area contributed by atoms with Gasteiger partial charge in [-0.3, -0.25) is 0 Å². The first-order valence-corrected chi connectivity index (χ1v) is 17.8. The van der Waals surface area contributed by atoms with Gasteiger partial charge in [-0.15, -0.1) is 0 Å². The number of ether oxygens (including phenoxy) is 6. The summed E-state index contributed by atoms with van der Waals surface area (Å²) >= 11 is 0. The molecular weight excluding hydrogens is 766 g/mol. The van der Waals surface area contributed by atoms with E-state index in [1.165, 1.54) is 79.9 Å². The molecule has 16 heteroatoms. The van der Waals surface area contributed by atoms with Gasteiger partial charge in [-0.1, -0.05) is 66.7 Å². The molecule has 0 bridgehead atoms. The Morgan fingerprint density at radius 2 is 1.33 bits per heavy atom. The van der Waals surface area contributed by atoms with E-state index in [4.69, 9.17) is 28.4 Å². The number of rotatable bonds is 14. The fourth-order valence-corrected chi connectivity index (χ4v) is 6.07. The minimum atomic E-state index is -5.03. The molecule has 0 N–H and O–H groups in total. The zero-order valence-corrected chi connectivity index (χ0v) is 30.7. The molecule has 1 aliphatic rings. The fourth-order valence-electron chi connectivity index (χ4n) is 6.07. The number of benzene rings is 4. The standard InChI is InChI=1S/C42H35F4N3O9/c1-53-30-20-18-26(19-21-30)24-31-36(42(44,45)46)48-49(23-11-22-47)37(31)58-41-35(57-40(52)29-16-9-4-10-17-29)34(56-39(51)28-14-7-3-8-15-28)33(43)32(55-41)25-54-38(50)27-12-5-2-6-13-27/h2-10,12-21,32-35,41H,11,23-25H2,1H3/t32-,33-,34+,35-,41+/m1/s1. The monoisotopic (exact) mass is 801 g/mol. The predicted octanol–water partition coefficient (Wildman–Crippen LogP) is 7.16. The zero-order chi connectivity index (χ0) is 41.2. The summed E-state index contributed by atoms with van der Waals surface area (Å²) in [5.74, 6) is -3.08. The summed E-state index contributed by atoms with van der Waals surface area (Å²) < 4.78 is 96.1. The van der Waals surface area contributed by atoms with Gasteiger partial charge in [0.1, 0.15) is 18.5 Å². The maximum absolute atomic E-state index is 16.8. The summed E-state index contributed by atoms with van der Waals surface area (Å²) in [6.07, 6.45) is -16.0. The molecule has 58 heavy (non-hydrogen) atoms. The Kier molecular flexibility index (Phi) is 13.0. The van der Waals surface area contributed by atoms with Gasteiger partial charge in [-0.05, 0) is 54.1 Å². The molecule has 1 fully saturated rings. The average Bonchev–Trinajstić information content (AvgIpc) is 3.59. The Labute approximate surface area is 329 Å². The van der Waals surface area contributed by atoms with Crippen LogP contribution >= 0.6 is 0 Å². The van der Waals surface area contributed by atoms with Gasteiger partial charge in [0.15, 0.2) is 18.0 Å². The van der Waals surface area contributed by atoms with Gasteiger partial charge in [0, 0.05) is 6.42 Å². The predicted molar refractivity (Wildman–Crippen MR) is 195 cm³/mol. The number of carbonyl (C=O) groups excluding carboxylic acids is 3. The highest BCUT2D eigenvalue weighted by atomic mass is 19.4. The molecule has 12 nitrogen and oxygen atoms in total. The topological polar surface area (TPSA) is 148 Å². The van der Waals surface area contributed by atoms with E-state index in [0.717, 1.165) is 4.68 Å². The highest BCUT2D eigenvalue weighted by Gasteiger charge is 2.53. The Balaban J connectivity index is 1.45. The molecule has 6 rings (SSSR count). The number of nitriles is 1. The number of aryl methyl sites for hydroxylation is 1. The molecule has 0 aliphatic carbocycles. The van der Waals surface area contributed by atoms with E-state index in [1.807, 2.05) is 6.07 Å². The fraction of sp³-hybridized carbons (Fsp3) is 0.262. The van der Waals surface area contributed by atoms with Crippen molar-refractivity contribution in [3.8, 4) is 17.7 Å². The summed E-state index contributed by atoms with van der Waals surface area (Å²) in [5.41, 5.74) is -1.38. The van der Waals surface area contributed by atoms with Crippen LogP contribution in [0.3, 0.4) is 0 Å². The summed E-state index contributed by atoms with van der Waals surface area (Å²) in [4.78, 5) is 40.0. The Hall–Kier alpha value is -6.73. The van der Waals surface area contributed by atoms with Crippen LogP contribution < -0.4 is 9.47 Å². The molecule has 0 radical (unpaired) electrons. The Morgan fingerprint density at radius 1 is 0.793 bits per heavy atom. The minimum absolute atomic E-state index is 0.00923. The highest BCUT2D eigenvalue weighted by molar-refractivity contribution is 5.90. The van der Waals surface area contributed by atoms with Crippen LogP contribution in [0.2, 0.25) is 0 Å². The molecule has 1 saturated heterocycles. The van der Waals surface area contributed by atoms with Crippen LogP contribution in [0.15, 0.2) is 115 Å². The summed E-state index contributed by atoms with van der Waals surface area (Å²) in [6, 6.07) is 30.7. The minimum Gasteiger partial charge on any atom is -0.497 e. The summed E-state index contributed by atoms with van der Waals surface area (Å²) in [7, 11) is 1.43. The van der Waals surface area contributed by atoms with Crippen molar-refractivity contribution < 1.29 is 60.4 Å². The first kappa shape index (κ1) is 40.9. The van der Waals surface area contributed by atoms with Gasteiger partial charge in [0.25, 0.3) is 0 Å². The summed E-state index contributed by atoms with van der Waals surface area (Å²) in [5, 5.41) is 13.2. The zero-order valence-electron chi connectivity index (χ0n) is 30.7. The van der Waals surface area contributed by atoms with E-state index < -0.39 is 91.6 Å². The Morgan fingerprint density at radius 3 is 1.84 bits per heavy atom. The van der Waals surface area contributed by atoms with Crippen LogP contribution in [0.4, 0.5) is 17.6 Å². The van der Waals surface area contributed by atoms with Crippen LogP contribution in [0.5, 0.6) is 11.6 Å². The molecule has 0 saturated carbocycles. The quantitative estimate of drug-likeness (QED) is 0.0640. The molecule has 300 valence electrons. The maximum Gasteiger partial charge on any atom is 0.435 e. The maximum atomic E-state index is 16.8. The number of hydrogen-bond acceptors (Lipinski definition) is 11. The lowest BCUT2D eigenvalue weighted by Gasteiger charge is -2.42. The first-order valence-electron chi connectivity index (χ1n) is 17.8. The molecule has 0 amide bonds. The number of nitrogens with zero attached hydrogens (tertiary/aromatic N) is 3. The van der Waals surface area contributed by atoms with Crippen molar-refractivity contribution in [3.05, 3.63) is 149 Å². The first-order chi connectivity index (χ1) is 28.0. The van der Waals surface area contributed by atoms with Crippen LogP contribution in [0, 0.1) is 11.3 Å². The van der Waals surface area contributed by atoms with Gasteiger partial charge < -0.3 is 28.4 Å². The van der Waals surface area contributed by atoms with Gasteiger partial charge in [-0.2, -0.15) is 23.5 Å². The van der Waals surface area contributed by atoms with Gasteiger partial charge >= 0.3 is 24.1 Å². The highest BCUT2D eigenvalue weighted by Crippen LogP contribution is 2.40. The van der Waals surface area contributed by atoms with Crippen molar-refractivity contribution in [3.63, 3.8) is 0 Å². The lowest BCUT2D eigenvalue weighted by Crippen LogP contribution is -2.61. The van der Waals surface area contributed by atoms with Crippen LogP contribution in [0.1, 0.15) is 54.3 Å². The van der Waals surface area contributed by atoms with Crippen molar-refractivity contribution in [2.24, 2.45) is 0 Å². The molecule has 2 heterocycles. The second-order valence-corrected chi connectivity index (χ2v) is 12.8. The SMILES string of the molecule is COc1ccc(Cc2c(C(F)(F)F)nn(CCC#N)c2O[C@@H]2O[C@H](COC(=O)c3ccccc3)[C@@H](F)[C@H](OC(=O)c3ccccc3)[C@H]2OC(=O)c2ccccc2)cc1. The van der Waals surface area contributed by atoms with Gasteiger partial charge in [-0.25, -0.2) is 23.5 Å². The molecule has 0 spiro atoms. The molecule has 0 unspecified atom stereocenters. The number of esters is 3. The van der Waals surface area contributed by atoms with E-state index in [-0.39, 0.29) is 23.1 Å². The van der Waals surface area contributed by atoms with Gasteiger partial charge in [0.05, 0.1) is 48.4 Å². The number of halogens is 4.